The lowest BCUT2D eigenvalue weighted by Gasteiger charge is -2.19. The van der Waals surface area contributed by atoms with Gasteiger partial charge >= 0.3 is 6.18 Å². The smallest absolute Gasteiger partial charge is 0.392 e. The number of nitrogens with zero attached hydrogens (tertiary/aromatic N) is 3. The number of hydrogen-bond acceptors (Lipinski definition) is 5. The summed E-state index contributed by atoms with van der Waals surface area (Å²) in [6.45, 7) is 0.0239. The minimum absolute atomic E-state index is 0.0179. The zero-order chi connectivity index (χ0) is 18.9. The Kier molecular flexibility index (Phi) is 5.40. The number of aliphatic hydroxyl groups excluding tert-OH is 2. The summed E-state index contributed by atoms with van der Waals surface area (Å²) in [6, 6.07) is 1.72. The fraction of sp³-hybridized carbons (Fsp3) is 0.500. The first-order valence-electron chi connectivity index (χ1n) is 8.06. The molecule has 3 N–H and O–H groups in total. The second-order valence-corrected chi connectivity index (χ2v) is 6.87. The van der Waals surface area contributed by atoms with Gasteiger partial charge in [-0.1, -0.05) is 11.6 Å². The molecule has 0 bridgehead atoms. The zero-order valence-electron chi connectivity index (χ0n) is 13.6. The predicted molar refractivity (Wildman–Crippen MR) is 88.5 cm³/mol. The monoisotopic (exact) mass is 390 g/mol. The second-order valence-electron chi connectivity index (χ2n) is 6.44. The van der Waals surface area contributed by atoms with E-state index in [1.54, 1.807) is 10.9 Å². The van der Waals surface area contributed by atoms with Crippen molar-refractivity contribution in [3.8, 4) is 0 Å². The zero-order valence-corrected chi connectivity index (χ0v) is 14.4. The van der Waals surface area contributed by atoms with Crippen molar-refractivity contribution in [3.63, 3.8) is 0 Å². The molecule has 1 saturated carbocycles. The molecule has 1 aliphatic rings. The number of nitrogens with one attached hydrogen (secondary N) is 1. The van der Waals surface area contributed by atoms with E-state index in [9.17, 15) is 23.4 Å². The third-order valence-corrected chi connectivity index (χ3v) is 4.56. The molecule has 3 atom stereocenters. The molecule has 0 aliphatic heterocycles. The molecule has 0 saturated heterocycles. The van der Waals surface area contributed by atoms with Gasteiger partial charge in [-0.3, -0.25) is 4.68 Å². The molecule has 1 aliphatic carbocycles. The van der Waals surface area contributed by atoms with Gasteiger partial charge in [-0.05, 0) is 36.5 Å². The van der Waals surface area contributed by atoms with Crippen molar-refractivity contribution in [1.29, 1.82) is 0 Å². The van der Waals surface area contributed by atoms with Gasteiger partial charge in [0.2, 0.25) is 0 Å². The van der Waals surface area contributed by atoms with E-state index in [-0.39, 0.29) is 17.3 Å². The number of aliphatic hydroxyl groups is 2. The standard InChI is InChI=1S/C16H18ClF3N4O2/c17-11-5-21-24(7-11)6-9-1-12(13(26)2-9)22-15-4-10(8-25)3-14(23-15)16(18,19)20/h3-5,7,9,12-13,25-26H,1-2,6,8H2,(H,22,23)/t9?,12-,13-/m1/s1. The average molecular weight is 391 g/mol. The number of rotatable bonds is 5. The number of anilines is 1. The van der Waals surface area contributed by atoms with Crippen molar-refractivity contribution in [3.05, 3.63) is 40.8 Å². The number of alkyl halides is 3. The van der Waals surface area contributed by atoms with E-state index in [1.807, 2.05) is 0 Å². The van der Waals surface area contributed by atoms with Crippen molar-refractivity contribution >= 4 is 17.4 Å². The van der Waals surface area contributed by atoms with Gasteiger partial charge in [0.05, 0.1) is 30.0 Å². The van der Waals surface area contributed by atoms with Gasteiger partial charge in [0.1, 0.15) is 11.5 Å². The molecule has 10 heteroatoms. The van der Waals surface area contributed by atoms with Crippen LogP contribution in [0.1, 0.15) is 24.1 Å². The van der Waals surface area contributed by atoms with E-state index in [2.05, 4.69) is 15.4 Å². The Morgan fingerprint density at radius 1 is 1.31 bits per heavy atom. The van der Waals surface area contributed by atoms with Crippen LogP contribution in [0.5, 0.6) is 0 Å². The largest absolute Gasteiger partial charge is 0.433 e. The van der Waals surface area contributed by atoms with Gasteiger partial charge in [0.15, 0.2) is 0 Å². The maximum absolute atomic E-state index is 12.9. The molecule has 2 heterocycles. The highest BCUT2D eigenvalue weighted by atomic mass is 35.5. The van der Waals surface area contributed by atoms with Gasteiger partial charge in [0.25, 0.3) is 0 Å². The van der Waals surface area contributed by atoms with E-state index < -0.39 is 30.6 Å². The SMILES string of the molecule is OCc1cc(N[C@@H]2CC(Cn3cc(Cl)cn3)C[C@H]2O)nc(C(F)(F)F)c1. The van der Waals surface area contributed by atoms with Gasteiger partial charge in [0, 0.05) is 12.7 Å². The first kappa shape index (κ1) is 18.9. The Morgan fingerprint density at radius 2 is 2.08 bits per heavy atom. The van der Waals surface area contributed by atoms with Crippen molar-refractivity contribution in [2.75, 3.05) is 5.32 Å². The molecular formula is C16H18ClF3N4O2. The number of halogens is 4. The molecule has 2 aromatic heterocycles. The quantitative estimate of drug-likeness (QED) is 0.731. The highest BCUT2D eigenvalue weighted by Gasteiger charge is 2.35. The summed E-state index contributed by atoms with van der Waals surface area (Å²) in [7, 11) is 0. The maximum atomic E-state index is 12.9. The van der Waals surface area contributed by atoms with Gasteiger partial charge in [-0.25, -0.2) is 4.98 Å². The van der Waals surface area contributed by atoms with Crippen LogP contribution in [-0.4, -0.2) is 37.1 Å². The maximum Gasteiger partial charge on any atom is 0.433 e. The Bertz CT molecular complexity index is 768. The van der Waals surface area contributed by atoms with Crippen LogP contribution in [0.15, 0.2) is 24.5 Å². The Balaban J connectivity index is 1.70. The first-order chi connectivity index (χ1) is 12.2. The van der Waals surface area contributed by atoms with Crippen molar-refractivity contribution in [2.45, 2.75) is 44.3 Å². The van der Waals surface area contributed by atoms with Crippen LogP contribution in [-0.2, 0) is 19.3 Å². The highest BCUT2D eigenvalue weighted by molar-refractivity contribution is 6.30. The van der Waals surface area contributed by atoms with Crippen LogP contribution in [0.3, 0.4) is 0 Å². The lowest BCUT2D eigenvalue weighted by molar-refractivity contribution is -0.141. The highest BCUT2D eigenvalue weighted by Crippen LogP contribution is 2.32. The Hall–Kier alpha value is -1.84. The molecule has 3 rings (SSSR count). The Morgan fingerprint density at radius 3 is 2.69 bits per heavy atom. The fourth-order valence-electron chi connectivity index (χ4n) is 3.21. The summed E-state index contributed by atoms with van der Waals surface area (Å²) in [6.07, 6.45) is -1.11. The van der Waals surface area contributed by atoms with Crippen LogP contribution in [0.25, 0.3) is 0 Å². The van der Waals surface area contributed by atoms with Crippen LogP contribution >= 0.6 is 11.6 Å². The van der Waals surface area contributed by atoms with Crippen LogP contribution in [0, 0.1) is 5.92 Å². The molecule has 1 fully saturated rings. The van der Waals surface area contributed by atoms with Gasteiger partial charge < -0.3 is 15.5 Å². The van der Waals surface area contributed by atoms with E-state index in [0.29, 0.717) is 24.4 Å². The molecule has 0 spiro atoms. The molecule has 0 amide bonds. The summed E-state index contributed by atoms with van der Waals surface area (Å²) in [5.74, 6) is 0.0808. The molecule has 0 radical (unpaired) electrons. The Labute approximate surface area is 152 Å². The minimum atomic E-state index is -4.61. The lowest BCUT2D eigenvalue weighted by atomic mass is 10.1. The number of aromatic nitrogens is 3. The normalized spacial score (nSPS) is 23.4. The number of pyridine rings is 1. The third kappa shape index (κ3) is 4.46. The number of hydrogen-bond donors (Lipinski definition) is 3. The average Bonchev–Trinajstić information content (AvgIpc) is 3.12. The topological polar surface area (TPSA) is 83.2 Å². The molecule has 1 unspecified atom stereocenters. The third-order valence-electron chi connectivity index (χ3n) is 4.36. The summed E-state index contributed by atoms with van der Waals surface area (Å²) in [5.41, 5.74) is -0.980. The van der Waals surface area contributed by atoms with Crippen molar-refractivity contribution in [1.82, 2.24) is 14.8 Å². The van der Waals surface area contributed by atoms with Gasteiger partial charge in [-0.15, -0.1) is 0 Å². The summed E-state index contributed by atoms with van der Waals surface area (Å²) < 4.78 is 40.5. The fourth-order valence-corrected chi connectivity index (χ4v) is 3.37. The van der Waals surface area contributed by atoms with E-state index in [0.717, 1.165) is 6.07 Å². The first-order valence-corrected chi connectivity index (χ1v) is 8.44. The summed E-state index contributed by atoms with van der Waals surface area (Å²) in [4.78, 5) is 3.57. The molecule has 142 valence electrons. The molecule has 6 nitrogen and oxygen atoms in total. The van der Waals surface area contributed by atoms with E-state index in [1.165, 1.54) is 12.3 Å². The van der Waals surface area contributed by atoms with E-state index in [4.69, 9.17) is 11.6 Å². The molecular weight excluding hydrogens is 373 g/mol. The summed E-state index contributed by atoms with van der Waals surface area (Å²) in [5, 5.41) is 26.9. The van der Waals surface area contributed by atoms with Crippen molar-refractivity contribution in [2.24, 2.45) is 5.92 Å². The molecule has 2 aromatic rings. The van der Waals surface area contributed by atoms with Crippen molar-refractivity contribution < 1.29 is 23.4 Å². The predicted octanol–water partition coefficient (Wildman–Crippen LogP) is 2.69. The molecule has 26 heavy (non-hydrogen) atoms. The van der Waals surface area contributed by atoms with Crippen LogP contribution in [0.4, 0.5) is 19.0 Å². The van der Waals surface area contributed by atoms with Gasteiger partial charge in [-0.2, -0.15) is 18.3 Å². The summed E-state index contributed by atoms with van der Waals surface area (Å²) >= 11 is 5.83. The minimum Gasteiger partial charge on any atom is -0.392 e. The van der Waals surface area contributed by atoms with E-state index >= 15 is 0 Å². The lowest BCUT2D eigenvalue weighted by Crippen LogP contribution is -2.28. The van der Waals surface area contributed by atoms with Crippen LogP contribution < -0.4 is 5.32 Å². The van der Waals surface area contributed by atoms with Crippen LogP contribution in [0.2, 0.25) is 5.02 Å². The molecule has 0 aromatic carbocycles. The second kappa shape index (κ2) is 7.42.